The van der Waals surface area contributed by atoms with Crippen molar-refractivity contribution in [2.45, 2.75) is 51.8 Å². The maximum Gasteiger partial charge on any atom is 0.410 e. The molecule has 3 rings (SSSR count). The van der Waals surface area contributed by atoms with Crippen LogP contribution in [0, 0.1) is 0 Å². The van der Waals surface area contributed by atoms with Crippen LogP contribution in [0.25, 0.3) is 0 Å². The Morgan fingerprint density at radius 2 is 2.13 bits per heavy atom. The maximum absolute atomic E-state index is 12.4. The highest BCUT2D eigenvalue weighted by atomic mass is 79.9. The van der Waals surface area contributed by atoms with E-state index < -0.39 is 5.60 Å². The van der Waals surface area contributed by atoms with Crippen LogP contribution in [0.1, 0.15) is 33.3 Å². The van der Waals surface area contributed by atoms with Gasteiger partial charge in [0, 0.05) is 19.1 Å². The van der Waals surface area contributed by atoms with Gasteiger partial charge in [-0.3, -0.25) is 0 Å². The molecular weight excluding hydrogens is 382 g/mol. The molecule has 0 unspecified atom stereocenters. The Morgan fingerprint density at radius 1 is 1.43 bits per heavy atom. The smallest absolute Gasteiger partial charge is 0.410 e. The van der Waals surface area contributed by atoms with Gasteiger partial charge < -0.3 is 14.5 Å². The molecule has 2 atom stereocenters. The van der Waals surface area contributed by atoms with E-state index in [1.54, 1.807) is 4.90 Å². The second-order valence-electron chi connectivity index (χ2n) is 7.24. The largest absolute Gasteiger partial charge is 0.444 e. The normalized spacial score (nSPS) is 23.6. The molecule has 1 fully saturated rings. The lowest BCUT2D eigenvalue weighted by atomic mass is 10.1. The second-order valence-corrected chi connectivity index (χ2v) is 8.46. The first-order valence-corrected chi connectivity index (χ1v) is 8.94. The van der Waals surface area contributed by atoms with Gasteiger partial charge >= 0.3 is 6.09 Å². The zero-order valence-electron chi connectivity index (χ0n) is 13.8. The fourth-order valence-electron chi connectivity index (χ4n) is 3.33. The Hall–Kier alpha value is -1.01. The van der Waals surface area contributed by atoms with Crippen molar-refractivity contribution >= 4 is 39.4 Å². The number of fused-ring (bicyclic) bond motifs is 3. The van der Waals surface area contributed by atoms with Crippen LogP contribution in [0.2, 0.25) is 5.15 Å². The third-order valence-corrected chi connectivity index (χ3v) is 5.25. The van der Waals surface area contributed by atoms with Crippen LogP contribution in [0.5, 0.6) is 0 Å². The standard InChI is InChI=1S/C16H21BrClN3O2/c1-9-7-20(15(22)23-16(2,3)4)8-11-5-10-6-12(17)13(18)19-14(10)21(9)11/h6,9,11H,5,7-8H2,1-4H3/t9-,11-/m1/s1. The number of piperazine rings is 1. The zero-order chi connectivity index (χ0) is 16.9. The van der Waals surface area contributed by atoms with E-state index in [1.165, 1.54) is 5.56 Å². The third kappa shape index (κ3) is 3.29. The summed E-state index contributed by atoms with van der Waals surface area (Å²) in [6, 6.07) is 2.43. The molecule has 0 N–H and O–H groups in total. The van der Waals surface area contributed by atoms with E-state index >= 15 is 0 Å². The van der Waals surface area contributed by atoms with E-state index in [0.717, 1.165) is 16.7 Å². The molecule has 0 radical (unpaired) electrons. The van der Waals surface area contributed by atoms with Crippen molar-refractivity contribution in [2.75, 3.05) is 18.0 Å². The van der Waals surface area contributed by atoms with Crippen LogP contribution in [0.4, 0.5) is 10.6 Å². The van der Waals surface area contributed by atoms with Crippen molar-refractivity contribution in [3.63, 3.8) is 0 Å². The second kappa shape index (κ2) is 5.81. The van der Waals surface area contributed by atoms with Gasteiger partial charge in [-0.1, -0.05) is 11.6 Å². The van der Waals surface area contributed by atoms with Gasteiger partial charge in [0.2, 0.25) is 0 Å². The molecule has 1 amide bonds. The molecule has 0 aliphatic carbocycles. The van der Waals surface area contributed by atoms with Crippen LogP contribution in [0.15, 0.2) is 10.5 Å². The molecule has 0 bridgehead atoms. The number of hydrogen-bond donors (Lipinski definition) is 0. The molecule has 7 heteroatoms. The van der Waals surface area contributed by atoms with Gasteiger partial charge in [0.25, 0.3) is 0 Å². The SMILES string of the molecule is C[C@@H]1CN(C(=O)OC(C)(C)C)C[C@H]2Cc3cc(Br)c(Cl)nc3N21. The molecule has 0 aromatic carbocycles. The first-order chi connectivity index (χ1) is 10.7. The molecule has 5 nitrogen and oxygen atoms in total. The van der Waals surface area contributed by atoms with Crippen molar-refractivity contribution in [3.05, 3.63) is 21.3 Å². The number of pyridine rings is 1. The minimum atomic E-state index is -0.476. The van der Waals surface area contributed by atoms with Crippen LogP contribution in [-0.4, -0.2) is 46.8 Å². The third-order valence-electron chi connectivity index (χ3n) is 4.13. The van der Waals surface area contributed by atoms with Gasteiger partial charge in [-0.05, 0) is 61.7 Å². The van der Waals surface area contributed by atoms with Gasteiger partial charge in [-0.2, -0.15) is 0 Å². The lowest BCUT2D eigenvalue weighted by Crippen LogP contribution is -2.58. The number of carbonyl (C=O) groups is 1. The highest BCUT2D eigenvalue weighted by Crippen LogP contribution is 2.38. The van der Waals surface area contributed by atoms with Crippen molar-refractivity contribution < 1.29 is 9.53 Å². The minimum Gasteiger partial charge on any atom is -0.444 e. The zero-order valence-corrected chi connectivity index (χ0v) is 16.1. The van der Waals surface area contributed by atoms with Crippen molar-refractivity contribution in [2.24, 2.45) is 0 Å². The summed E-state index contributed by atoms with van der Waals surface area (Å²) in [7, 11) is 0. The summed E-state index contributed by atoms with van der Waals surface area (Å²) in [5.41, 5.74) is 0.694. The van der Waals surface area contributed by atoms with E-state index in [4.69, 9.17) is 16.3 Å². The molecule has 0 spiro atoms. The van der Waals surface area contributed by atoms with Gasteiger partial charge in [-0.25, -0.2) is 9.78 Å². The fraction of sp³-hybridized carbons (Fsp3) is 0.625. The quantitative estimate of drug-likeness (QED) is 0.618. The van der Waals surface area contributed by atoms with E-state index in [-0.39, 0.29) is 18.2 Å². The Kier molecular flexibility index (Phi) is 4.25. The molecule has 1 aromatic heterocycles. The van der Waals surface area contributed by atoms with E-state index in [9.17, 15) is 4.79 Å². The van der Waals surface area contributed by atoms with Crippen LogP contribution in [-0.2, 0) is 11.2 Å². The molecule has 1 aromatic rings. The van der Waals surface area contributed by atoms with Gasteiger partial charge in [0.05, 0.1) is 10.5 Å². The van der Waals surface area contributed by atoms with E-state index in [2.05, 4.69) is 32.7 Å². The summed E-state index contributed by atoms with van der Waals surface area (Å²) in [5, 5.41) is 0.478. The lowest BCUT2D eigenvalue weighted by molar-refractivity contribution is 0.0191. The number of carbonyl (C=O) groups excluding carboxylic acids is 1. The lowest BCUT2D eigenvalue weighted by Gasteiger charge is -2.43. The van der Waals surface area contributed by atoms with Crippen molar-refractivity contribution in [3.8, 4) is 0 Å². The highest BCUT2D eigenvalue weighted by molar-refractivity contribution is 9.10. The first kappa shape index (κ1) is 16.8. The number of ether oxygens (including phenoxy) is 1. The number of rotatable bonds is 0. The molecule has 0 saturated carbocycles. The number of aromatic nitrogens is 1. The summed E-state index contributed by atoms with van der Waals surface area (Å²) in [5.74, 6) is 0.944. The summed E-state index contributed by atoms with van der Waals surface area (Å²) in [6.45, 7) is 9.04. The predicted octanol–water partition coefficient (Wildman–Crippen LogP) is 3.87. The Morgan fingerprint density at radius 3 is 2.78 bits per heavy atom. The number of amides is 1. The number of hydrogen-bond acceptors (Lipinski definition) is 4. The molecule has 3 heterocycles. The average molecular weight is 403 g/mol. The summed E-state index contributed by atoms with van der Waals surface area (Å²) < 4.78 is 6.33. The van der Waals surface area contributed by atoms with Gasteiger partial charge in [-0.15, -0.1) is 0 Å². The van der Waals surface area contributed by atoms with Crippen LogP contribution < -0.4 is 4.90 Å². The highest BCUT2D eigenvalue weighted by Gasteiger charge is 2.41. The van der Waals surface area contributed by atoms with Gasteiger partial charge in [0.1, 0.15) is 16.6 Å². The van der Waals surface area contributed by atoms with Crippen LogP contribution in [0.3, 0.4) is 0 Å². The predicted molar refractivity (Wildman–Crippen MR) is 94.2 cm³/mol. The average Bonchev–Trinajstić information content (AvgIpc) is 2.75. The van der Waals surface area contributed by atoms with Gasteiger partial charge in [0.15, 0.2) is 0 Å². The fourth-order valence-corrected chi connectivity index (χ4v) is 3.83. The molecule has 23 heavy (non-hydrogen) atoms. The summed E-state index contributed by atoms with van der Waals surface area (Å²) in [6.07, 6.45) is 0.619. The Bertz CT molecular complexity index is 647. The van der Waals surface area contributed by atoms with Crippen molar-refractivity contribution in [1.29, 1.82) is 0 Å². The van der Waals surface area contributed by atoms with E-state index in [0.29, 0.717) is 18.2 Å². The molecular formula is C16H21BrClN3O2. The molecule has 126 valence electrons. The Labute approximate surface area is 150 Å². The number of anilines is 1. The maximum atomic E-state index is 12.4. The number of halogens is 2. The summed E-state index contributed by atoms with van der Waals surface area (Å²) >= 11 is 9.59. The minimum absolute atomic E-state index is 0.173. The van der Waals surface area contributed by atoms with E-state index in [1.807, 2.05) is 26.8 Å². The molecule has 1 saturated heterocycles. The Balaban J connectivity index is 1.80. The topological polar surface area (TPSA) is 45.7 Å². The monoisotopic (exact) mass is 401 g/mol. The summed E-state index contributed by atoms with van der Waals surface area (Å²) in [4.78, 5) is 21.0. The van der Waals surface area contributed by atoms with Crippen molar-refractivity contribution in [1.82, 2.24) is 9.88 Å². The first-order valence-electron chi connectivity index (χ1n) is 7.77. The molecule has 2 aliphatic rings. The molecule has 2 aliphatic heterocycles. The van der Waals surface area contributed by atoms with Crippen LogP contribution >= 0.6 is 27.5 Å². The number of nitrogens with zero attached hydrogens (tertiary/aromatic N) is 3.